The molecule has 0 aliphatic heterocycles. The highest BCUT2D eigenvalue weighted by molar-refractivity contribution is 5.82. The molecule has 1 unspecified atom stereocenters. The lowest BCUT2D eigenvalue weighted by molar-refractivity contribution is -0.131. The van der Waals surface area contributed by atoms with Crippen molar-refractivity contribution in [3.8, 4) is 0 Å². The van der Waals surface area contributed by atoms with Gasteiger partial charge in [-0.3, -0.25) is 4.79 Å². The van der Waals surface area contributed by atoms with Gasteiger partial charge in [0.25, 0.3) is 0 Å². The van der Waals surface area contributed by atoms with E-state index in [-0.39, 0.29) is 11.3 Å². The summed E-state index contributed by atoms with van der Waals surface area (Å²) >= 11 is 0. The molecule has 0 saturated heterocycles. The van der Waals surface area contributed by atoms with Gasteiger partial charge in [-0.15, -0.1) is 0 Å². The first-order chi connectivity index (χ1) is 7.08. The Morgan fingerprint density at radius 3 is 2.47 bits per heavy atom. The molecule has 15 heavy (non-hydrogen) atoms. The monoisotopic (exact) mass is 212 g/mol. The molecule has 3 heteroatoms. The molecule has 0 bridgehead atoms. The molecule has 1 rings (SSSR count). The van der Waals surface area contributed by atoms with Gasteiger partial charge < -0.3 is 10.6 Å². The van der Waals surface area contributed by atoms with Crippen LogP contribution < -0.4 is 10.6 Å². The Kier molecular flexibility index (Phi) is 4.58. The van der Waals surface area contributed by atoms with Crippen molar-refractivity contribution >= 4 is 5.91 Å². The Balaban J connectivity index is 2.37. The van der Waals surface area contributed by atoms with Crippen molar-refractivity contribution in [2.75, 3.05) is 13.6 Å². The van der Waals surface area contributed by atoms with Crippen molar-refractivity contribution in [2.45, 2.75) is 52.0 Å². The van der Waals surface area contributed by atoms with Crippen LogP contribution in [0.2, 0.25) is 0 Å². The average molecular weight is 212 g/mol. The third-order valence-corrected chi connectivity index (χ3v) is 3.57. The van der Waals surface area contributed by atoms with E-state index in [9.17, 15) is 4.79 Å². The Morgan fingerprint density at radius 2 is 1.93 bits per heavy atom. The van der Waals surface area contributed by atoms with Gasteiger partial charge in [0.15, 0.2) is 0 Å². The Hall–Kier alpha value is -0.570. The van der Waals surface area contributed by atoms with Gasteiger partial charge >= 0.3 is 0 Å². The van der Waals surface area contributed by atoms with Crippen LogP contribution >= 0.6 is 0 Å². The first kappa shape index (κ1) is 12.5. The number of nitrogens with one attached hydrogen (secondary N) is 2. The lowest BCUT2D eigenvalue weighted by Crippen LogP contribution is -2.44. The molecular weight excluding hydrogens is 188 g/mol. The zero-order valence-electron chi connectivity index (χ0n) is 10.2. The molecule has 3 nitrogen and oxygen atoms in total. The van der Waals surface area contributed by atoms with Gasteiger partial charge in [0, 0.05) is 18.0 Å². The van der Waals surface area contributed by atoms with Gasteiger partial charge in [0.1, 0.15) is 0 Å². The van der Waals surface area contributed by atoms with Crippen LogP contribution in [0.3, 0.4) is 0 Å². The number of carbonyl (C=O) groups is 1. The highest BCUT2D eigenvalue weighted by Gasteiger charge is 2.34. The second-order valence-corrected chi connectivity index (χ2v) is 5.02. The van der Waals surface area contributed by atoms with E-state index < -0.39 is 0 Å². The van der Waals surface area contributed by atoms with Crippen molar-refractivity contribution in [1.82, 2.24) is 10.6 Å². The lowest BCUT2D eigenvalue weighted by atomic mass is 9.75. The molecule has 0 spiro atoms. The summed E-state index contributed by atoms with van der Waals surface area (Å²) in [5.41, 5.74) is -0.105. The van der Waals surface area contributed by atoms with Gasteiger partial charge in [-0.05, 0) is 26.8 Å². The van der Waals surface area contributed by atoms with Crippen LogP contribution in [0.4, 0.5) is 0 Å². The van der Waals surface area contributed by atoms with Gasteiger partial charge in [0.05, 0.1) is 0 Å². The lowest BCUT2D eigenvalue weighted by Gasteiger charge is -2.32. The summed E-state index contributed by atoms with van der Waals surface area (Å²) in [6, 6.07) is 0.348. The predicted molar refractivity (Wildman–Crippen MR) is 62.7 cm³/mol. The molecule has 88 valence electrons. The number of amides is 1. The molecule has 1 atom stereocenters. The molecule has 1 saturated carbocycles. The van der Waals surface area contributed by atoms with E-state index in [1.807, 2.05) is 7.05 Å². The summed E-state index contributed by atoms with van der Waals surface area (Å²) in [6.45, 7) is 4.90. The molecule has 1 fully saturated rings. The first-order valence-corrected chi connectivity index (χ1v) is 6.04. The van der Waals surface area contributed by atoms with E-state index in [2.05, 4.69) is 24.5 Å². The summed E-state index contributed by atoms with van der Waals surface area (Å²) in [5.74, 6) is 0.240. The quantitative estimate of drug-likeness (QED) is 0.744. The third-order valence-electron chi connectivity index (χ3n) is 3.57. The summed E-state index contributed by atoms with van der Waals surface area (Å²) in [7, 11) is 1.92. The fraction of sp³-hybridized carbons (Fsp3) is 0.917. The van der Waals surface area contributed by atoms with Gasteiger partial charge in [-0.1, -0.05) is 26.2 Å². The maximum atomic E-state index is 12.0. The molecule has 1 amide bonds. The number of rotatable bonds is 4. The minimum absolute atomic E-state index is 0.105. The number of carbonyl (C=O) groups excluding carboxylic acids is 1. The molecule has 0 aromatic heterocycles. The molecular formula is C12H24N2O. The van der Waals surface area contributed by atoms with Crippen LogP contribution in [-0.4, -0.2) is 25.5 Å². The van der Waals surface area contributed by atoms with Crippen LogP contribution in [0.15, 0.2) is 0 Å². The van der Waals surface area contributed by atoms with Crippen LogP contribution in [0.1, 0.15) is 46.0 Å². The Morgan fingerprint density at radius 1 is 1.33 bits per heavy atom. The highest BCUT2D eigenvalue weighted by Crippen LogP contribution is 2.35. The summed E-state index contributed by atoms with van der Waals surface area (Å²) in [6.07, 6.45) is 5.78. The standard InChI is InChI=1S/C12H24N2O/c1-10(13-3)9-14-11(15)12(2)7-5-4-6-8-12/h10,13H,4-9H2,1-3H3,(H,14,15). The van der Waals surface area contributed by atoms with Crippen molar-refractivity contribution in [2.24, 2.45) is 5.41 Å². The van der Waals surface area contributed by atoms with E-state index in [1.54, 1.807) is 0 Å². The van der Waals surface area contributed by atoms with E-state index in [0.29, 0.717) is 6.04 Å². The smallest absolute Gasteiger partial charge is 0.225 e. The largest absolute Gasteiger partial charge is 0.354 e. The Labute approximate surface area is 93.0 Å². The Bertz CT molecular complexity index is 210. The average Bonchev–Trinajstić information content (AvgIpc) is 2.26. The summed E-state index contributed by atoms with van der Waals surface area (Å²) in [4.78, 5) is 12.0. The molecule has 0 aromatic rings. The maximum absolute atomic E-state index is 12.0. The SMILES string of the molecule is CNC(C)CNC(=O)C1(C)CCCCC1. The second kappa shape index (κ2) is 5.50. The van der Waals surface area contributed by atoms with Crippen LogP contribution in [0.5, 0.6) is 0 Å². The fourth-order valence-corrected chi connectivity index (χ4v) is 2.12. The van der Waals surface area contributed by atoms with Gasteiger partial charge in [-0.2, -0.15) is 0 Å². The minimum Gasteiger partial charge on any atom is -0.354 e. The van der Waals surface area contributed by atoms with Crippen molar-refractivity contribution in [3.63, 3.8) is 0 Å². The number of likely N-dealkylation sites (N-methyl/N-ethyl adjacent to an activating group) is 1. The second-order valence-electron chi connectivity index (χ2n) is 5.02. The van der Waals surface area contributed by atoms with Crippen molar-refractivity contribution in [1.29, 1.82) is 0 Å². The zero-order valence-corrected chi connectivity index (χ0v) is 10.2. The molecule has 0 heterocycles. The zero-order chi connectivity index (χ0) is 11.3. The van der Waals surface area contributed by atoms with Crippen LogP contribution in [-0.2, 0) is 4.79 Å². The molecule has 1 aliphatic rings. The number of hydrogen-bond donors (Lipinski definition) is 2. The van der Waals surface area contributed by atoms with Gasteiger partial charge in [0.2, 0.25) is 5.91 Å². The van der Waals surface area contributed by atoms with E-state index in [4.69, 9.17) is 0 Å². The highest BCUT2D eigenvalue weighted by atomic mass is 16.2. The molecule has 2 N–H and O–H groups in total. The predicted octanol–water partition coefficient (Wildman–Crippen LogP) is 1.68. The topological polar surface area (TPSA) is 41.1 Å². The van der Waals surface area contributed by atoms with Crippen molar-refractivity contribution < 1.29 is 4.79 Å². The first-order valence-electron chi connectivity index (χ1n) is 6.04. The minimum atomic E-state index is -0.105. The molecule has 1 aliphatic carbocycles. The van der Waals surface area contributed by atoms with Crippen LogP contribution in [0.25, 0.3) is 0 Å². The third kappa shape index (κ3) is 3.49. The normalized spacial score (nSPS) is 22.1. The summed E-state index contributed by atoms with van der Waals surface area (Å²) in [5, 5.41) is 6.16. The fourth-order valence-electron chi connectivity index (χ4n) is 2.12. The van der Waals surface area contributed by atoms with E-state index in [1.165, 1.54) is 19.3 Å². The van der Waals surface area contributed by atoms with E-state index >= 15 is 0 Å². The molecule has 0 aromatic carbocycles. The van der Waals surface area contributed by atoms with Gasteiger partial charge in [-0.25, -0.2) is 0 Å². The summed E-state index contributed by atoms with van der Waals surface area (Å²) < 4.78 is 0. The van der Waals surface area contributed by atoms with E-state index in [0.717, 1.165) is 19.4 Å². The van der Waals surface area contributed by atoms with Crippen LogP contribution in [0, 0.1) is 5.41 Å². The number of hydrogen-bond acceptors (Lipinski definition) is 2. The molecule has 0 radical (unpaired) electrons. The van der Waals surface area contributed by atoms with Crippen molar-refractivity contribution in [3.05, 3.63) is 0 Å². The maximum Gasteiger partial charge on any atom is 0.225 e.